The van der Waals surface area contributed by atoms with Gasteiger partial charge in [-0.25, -0.2) is 13.1 Å². The molecule has 0 radical (unpaired) electrons. The van der Waals surface area contributed by atoms with Crippen LogP contribution in [-0.4, -0.2) is 54.5 Å². The van der Waals surface area contributed by atoms with Crippen LogP contribution in [0, 0.1) is 0 Å². The number of methoxy groups -OCH3 is 3. The molecule has 1 aromatic rings. The fraction of sp³-hybridized carbons (Fsp3) is 0.500. The van der Waals surface area contributed by atoms with Crippen LogP contribution in [0.1, 0.15) is 17.3 Å². The van der Waals surface area contributed by atoms with E-state index in [9.17, 15) is 13.2 Å². The highest BCUT2D eigenvalue weighted by Gasteiger charge is 2.16. The van der Waals surface area contributed by atoms with E-state index in [1.165, 1.54) is 40.4 Å². The van der Waals surface area contributed by atoms with E-state index < -0.39 is 10.0 Å². The molecule has 0 aliphatic rings. The molecule has 0 atom stereocenters. The van der Waals surface area contributed by atoms with Gasteiger partial charge in [-0.15, -0.1) is 0 Å². The van der Waals surface area contributed by atoms with Crippen molar-refractivity contribution < 1.29 is 27.4 Å². The van der Waals surface area contributed by atoms with E-state index in [0.717, 1.165) is 0 Å². The van der Waals surface area contributed by atoms with Gasteiger partial charge in [-0.1, -0.05) is 0 Å². The summed E-state index contributed by atoms with van der Waals surface area (Å²) in [6, 6.07) is 3.04. The molecule has 0 spiro atoms. The van der Waals surface area contributed by atoms with E-state index in [4.69, 9.17) is 14.2 Å². The second-order valence-corrected chi connectivity index (χ2v) is 6.56. The van der Waals surface area contributed by atoms with Crippen LogP contribution in [-0.2, 0) is 10.0 Å². The van der Waals surface area contributed by atoms with Gasteiger partial charge in [-0.05, 0) is 19.1 Å². The van der Waals surface area contributed by atoms with Gasteiger partial charge in [-0.2, -0.15) is 0 Å². The van der Waals surface area contributed by atoms with Crippen molar-refractivity contribution >= 4 is 15.9 Å². The molecule has 0 saturated carbocycles. The van der Waals surface area contributed by atoms with Crippen molar-refractivity contribution in [3.05, 3.63) is 17.7 Å². The minimum Gasteiger partial charge on any atom is -0.493 e. The predicted octanol–water partition coefficient (Wildman–Crippen LogP) is 0.382. The summed E-state index contributed by atoms with van der Waals surface area (Å²) in [6.07, 6.45) is 0. The molecule has 0 fully saturated rings. The van der Waals surface area contributed by atoms with Crippen LogP contribution in [0.15, 0.2) is 12.1 Å². The van der Waals surface area contributed by atoms with E-state index in [-0.39, 0.29) is 24.7 Å². The zero-order valence-electron chi connectivity index (χ0n) is 13.6. The summed E-state index contributed by atoms with van der Waals surface area (Å²) in [4.78, 5) is 12.1. The smallest absolute Gasteiger partial charge is 0.251 e. The number of ether oxygens (including phenoxy) is 3. The molecule has 1 aromatic carbocycles. The molecule has 1 amide bonds. The molecular weight excluding hydrogens is 324 g/mol. The Bertz CT molecular complexity index is 620. The molecule has 9 heteroatoms. The maximum atomic E-state index is 12.1. The summed E-state index contributed by atoms with van der Waals surface area (Å²) in [5.41, 5.74) is 0.317. The first kappa shape index (κ1) is 19.0. The molecule has 130 valence electrons. The summed E-state index contributed by atoms with van der Waals surface area (Å²) in [5.74, 6) is 0.739. The molecule has 23 heavy (non-hydrogen) atoms. The Hall–Kier alpha value is -2.00. The fourth-order valence-electron chi connectivity index (χ4n) is 1.80. The number of benzene rings is 1. The molecule has 0 aliphatic heterocycles. The number of carbonyl (C=O) groups excluding carboxylic acids is 1. The van der Waals surface area contributed by atoms with Gasteiger partial charge in [0.1, 0.15) is 0 Å². The lowest BCUT2D eigenvalue weighted by molar-refractivity contribution is 0.0953. The van der Waals surface area contributed by atoms with Crippen LogP contribution in [0.25, 0.3) is 0 Å². The maximum Gasteiger partial charge on any atom is 0.251 e. The summed E-state index contributed by atoms with van der Waals surface area (Å²) >= 11 is 0. The molecule has 8 nitrogen and oxygen atoms in total. The average molecular weight is 346 g/mol. The lowest BCUT2D eigenvalue weighted by atomic mass is 10.1. The quantitative estimate of drug-likeness (QED) is 0.627. The fourth-order valence-corrected chi connectivity index (χ4v) is 2.42. The largest absolute Gasteiger partial charge is 0.493 e. The zero-order valence-corrected chi connectivity index (χ0v) is 14.5. The van der Waals surface area contributed by atoms with Gasteiger partial charge in [0.15, 0.2) is 11.5 Å². The Labute approximate surface area is 136 Å². The van der Waals surface area contributed by atoms with E-state index in [1.54, 1.807) is 0 Å². The normalized spacial score (nSPS) is 11.0. The first-order valence-corrected chi connectivity index (χ1v) is 8.59. The number of amides is 1. The van der Waals surface area contributed by atoms with Gasteiger partial charge in [0, 0.05) is 18.7 Å². The molecule has 0 bridgehead atoms. The van der Waals surface area contributed by atoms with Crippen LogP contribution in [0.5, 0.6) is 17.2 Å². The van der Waals surface area contributed by atoms with Crippen molar-refractivity contribution in [3.8, 4) is 17.2 Å². The predicted molar refractivity (Wildman–Crippen MR) is 85.9 cm³/mol. The van der Waals surface area contributed by atoms with Gasteiger partial charge in [-0.3, -0.25) is 4.79 Å². The second-order valence-electron chi connectivity index (χ2n) is 4.47. The first-order chi connectivity index (χ1) is 10.9. The molecule has 0 aromatic heterocycles. The van der Waals surface area contributed by atoms with Gasteiger partial charge in [0.2, 0.25) is 15.8 Å². The highest BCUT2D eigenvalue weighted by Crippen LogP contribution is 2.38. The first-order valence-electron chi connectivity index (χ1n) is 6.94. The SMILES string of the molecule is CCS(=O)(=O)NCCNC(=O)c1cc(OC)c(OC)c(OC)c1. The number of rotatable bonds is 9. The number of nitrogens with one attached hydrogen (secondary N) is 2. The molecule has 0 saturated heterocycles. The number of sulfonamides is 1. The minimum absolute atomic E-state index is 0.00613. The van der Waals surface area contributed by atoms with Crippen LogP contribution >= 0.6 is 0 Å². The molecule has 0 heterocycles. The van der Waals surface area contributed by atoms with Crippen molar-refractivity contribution in [2.24, 2.45) is 0 Å². The Kier molecular flexibility index (Phi) is 7.11. The third kappa shape index (κ3) is 5.29. The van der Waals surface area contributed by atoms with Crippen molar-refractivity contribution in [1.82, 2.24) is 10.0 Å². The van der Waals surface area contributed by atoms with Gasteiger partial charge < -0.3 is 19.5 Å². The van der Waals surface area contributed by atoms with Crippen LogP contribution in [0.4, 0.5) is 0 Å². The van der Waals surface area contributed by atoms with Crippen molar-refractivity contribution in [3.63, 3.8) is 0 Å². The zero-order chi connectivity index (χ0) is 17.5. The van der Waals surface area contributed by atoms with Crippen molar-refractivity contribution in [2.75, 3.05) is 40.2 Å². The molecular formula is C14H22N2O6S. The average Bonchev–Trinajstić information content (AvgIpc) is 2.56. The summed E-state index contributed by atoms with van der Waals surface area (Å²) in [6.45, 7) is 1.82. The van der Waals surface area contributed by atoms with Crippen LogP contribution in [0.3, 0.4) is 0 Å². The molecule has 0 aliphatic carbocycles. The monoisotopic (exact) mass is 346 g/mol. The highest BCUT2D eigenvalue weighted by atomic mass is 32.2. The van der Waals surface area contributed by atoms with E-state index in [0.29, 0.717) is 22.8 Å². The Morgan fingerprint density at radius 2 is 1.61 bits per heavy atom. The summed E-state index contributed by atoms with van der Waals surface area (Å²) < 4.78 is 40.5. The van der Waals surface area contributed by atoms with Crippen LogP contribution in [0.2, 0.25) is 0 Å². The molecule has 1 rings (SSSR count). The van der Waals surface area contributed by atoms with E-state index >= 15 is 0 Å². The highest BCUT2D eigenvalue weighted by molar-refractivity contribution is 7.89. The summed E-state index contributed by atoms with van der Waals surface area (Å²) in [5, 5.41) is 2.62. The standard InChI is InChI=1S/C14H22N2O6S/c1-5-23(18,19)16-7-6-15-14(17)10-8-11(20-2)13(22-4)12(9-10)21-3/h8-9,16H,5-7H2,1-4H3,(H,15,17). The van der Waals surface area contributed by atoms with Crippen LogP contribution < -0.4 is 24.2 Å². The minimum atomic E-state index is -3.27. The third-order valence-electron chi connectivity index (χ3n) is 3.04. The maximum absolute atomic E-state index is 12.1. The number of hydrogen-bond acceptors (Lipinski definition) is 6. The van der Waals surface area contributed by atoms with Gasteiger partial charge >= 0.3 is 0 Å². The van der Waals surface area contributed by atoms with Gasteiger partial charge in [0.05, 0.1) is 27.1 Å². The number of hydrogen-bond donors (Lipinski definition) is 2. The second kappa shape index (κ2) is 8.59. The van der Waals surface area contributed by atoms with Crippen molar-refractivity contribution in [2.45, 2.75) is 6.92 Å². The van der Waals surface area contributed by atoms with Crippen molar-refractivity contribution in [1.29, 1.82) is 0 Å². The molecule has 0 unspecified atom stereocenters. The van der Waals surface area contributed by atoms with Gasteiger partial charge in [0.25, 0.3) is 5.91 Å². The Balaban J connectivity index is 2.76. The summed E-state index contributed by atoms with van der Waals surface area (Å²) in [7, 11) is 1.12. The molecule has 2 N–H and O–H groups in total. The lowest BCUT2D eigenvalue weighted by Gasteiger charge is -2.14. The Morgan fingerprint density at radius 3 is 2.04 bits per heavy atom. The topological polar surface area (TPSA) is 103 Å². The lowest BCUT2D eigenvalue weighted by Crippen LogP contribution is -2.35. The number of carbonyl (C=O) groups is 1. The van der Waals surface area contributed by atoms with E-state index in [2.05, 4.69) is 10.0 Å². The van der Waals surface area contributed by atoms with E-state index in [1.807, 2.05) is 0 Å². The Morgan fingerprint density at radius 1 is 1.04 bits per heavy atom. The third-order valence-corrected chi connectivity index (χ3v) is 4.44.